The van der Waals surface area contributed by atoms with Crippen LogP contribution in [-0.4, -0.2) is 25.7 Å². The normalized spacial score (nSPS) is 11.1. The van der Waals surface area contributed by atoms with E-state index in [4.69, 9.17) is 4.98 Å². The van der Waals surface area contributed by atoms with Gasteiger partial charge in [0.15, 0.2) is 16.1 Å². The van der Waals surface area contributed by atoms with Gasteiger partial charge in [0.25, 0.3) is 0 Å². The van der Waals surface area contributed by atoms with E-state index >= 15 is 0 Å². The molecule has 0 aliphatic carbocycles. The molecule has 1 amide bonds. The predicted molar refractivity (Wildman–Crippen MR) is 136 cm³/mol. The van der Waals surface area contributed by atoms with E-state index in [1.165, 1.54) is 22.5 Å². The minimum atomic E-state index is -0.0518. The van der Waals surface area contributed by atoms with Crippen LogP contribution in [0.1, 0.15) is 36.2 Å². The smallest absolute Gasteiger partial charge is 0.230 e. The van der Waals surface area contributed by atoms with Gasteiger partial charge < -0.3 is 4.57 Å². The van der Waals surface area contributed by atoms with Crippen molar-refractivity contribution in [1.29, 1.82) is 0 Å². The highest BCUT2D eigenvalue weighted by Crippen LogP contribution is 2.33. The molecular formula is C25H27N5OS2. The van der Waals surface area contributed by atoms with Crippen molar-refractivity contribution in [3.05, 3.63) is 70.2 Å². The van der Waals surface area contributed by atoms with E-state index in [9.17, 15) is 4.79 Å². The number of aryl methyl sites for hydroxylation is 3. The van der Waals surface area contributed by atoms with E-state index < -0.39 is 0 Å². The number of anilines is 2. The Morgan fingerprint density at radius 1 is 1.09 bits per heavy atom. The van der Waals surface area contributed by atoms with Crippen molar-refractivity contribution in [3.8, 4) is 11.4 Å². The Balaban J connectivity index is 1.54. The molecule has 0 aliphatic heterocycles. The second-order valence-electron chi connectivity index (χ2n) is 7.97. The Kier molecular flexibility index (Phi) is 6.95. The fourth-order valence-electron chi connectivity index (χ4n) is 3.75. The molecule has 4 aromatic rings. The Labute approximate surface area is 202 Å². The molecule has 8 heteroatoms. The molecule has 0 fully saturated rings. The Morgan fingerprint density at radius 3 is 2.58 bits per heavy atom. The number of rotatable bonds is 7. The number of thioether (sulfide) groups is 1. The highest BCUT2D eigenvalue weighted by Gasteiger charge is 2.20. The van der Waals surface area contributed by atoms with Crippen LogP contribution in [0.2, 0.25) is 0 Å². The van der Waals surface area contributed by atoms with E-state index in [1.54, 1.807) is 23.6 Å². The largest absolute Gasteiger partial charge is 0.302 e. The molecule has 0 N–H and O–H groups in total. The van der Waals surface area contributed by atoms with Crippen LogP contribution in [-0.2, 0) is 17.1 Å². The van der Waals surface area contributed by atoms with Crippen LogP contribution in [0.15, 0.2) is 53.0 Å². The number of hydrogen-bond acceptors (Lipinski definition) is 6. The maximum absolute atomic E-state index is 12.5. The molecule has 0 radical (unpaired) electrons. The molecule has 0 bridgehead atoms. The maximum Gasteiger partial charge on any atom is 0.230 e. The summed E-state index contributed by atoms with van der Waals surface area (Å²) in [6.45, 7) is 10.6. The van der Waals surface area contributed by atoms with Crippen molar-refractivity contribution in [1.82, 2.24) is 19.7 Å². The highest BCUT2D eigenvalue weighted by atomic mass is 32.2. The number of amides is 1. The second-order valence-corrected chi connectivity index (χ2v) is 9.75. The minimum absolute atomic E-state index is 0.0518. The van der Waals surface area contributed by atoms with Crippen LogP contribution in [0, 0.1) is 20.8 Å². The monoisotopic (exact) mass is 477 g/mol. The number of carbonyl (C=O) groups is 1. The van der Waals surface area contributed by atoms with Crippen LogP contribution in [0.5, 0.6) is 0 Å². The molecule has 0 aliphatic rings. The van der Waals surface area contributed by atoms with Crippen molar-refractivity contribution < 1.29 is 4.79 Å². The summed E-state index contributed by atoms with van der Waals surface area (Å²) in [6.07, 6.45) is 0. The maximum atomic E-state index is 12.5. The molecule has 33 heavy (non-hydrogen) atoms. The fourth-order valence-corrected chi connectivity index (χ4v) is 5.63. The van der Waals surface area contributed by atoms with Gasteiger partial charge in [0.05, 0.1) is 11.4 Å². The molecule has 4 rings (SSSR count). The fraction of sp³-hybridized carbons (Fsp3) is 0.280. The highest BCUT2D eigenvalue weighted by molar-refractivity contribution is 7.98. The topological polar surface area (TPSA) is 63.9 Å². The average Bonchev–Trinajstić information content (AvgIpc) is 3.40. The van der Waals surface area contributed by atoms with E-state index in [0.717, 1.165) is 40.0 Å². The summed E-state index contributed by atoms with van der Waals surface area (Å²) < 4.78 is 2.13. The first-order valence-corrected chi connectivity index (χ1v) is 12.7. The quantitative estimate of drug-likeness (QED) is 0.291. The van der Waals surface area contributed by atoms with Crippen molar-refractivity contribution in [2.75, 3.05) is 4.90 Å². The summed E-state index contributed by atoms with van der Waals surface area (Å²) >= 11 is 3.09. The lowest BCUT2D eigenvalue weighted by Crippen LogP contribution is -2.23. The standard InChI is InChI=1S/C25H27N5OS2/c1-6-29-23(20-9-7-8-16(2)13-20)27-28-25(29)33-15-21-14-32-24(26-21)30(19(5)31)22-11-10-17(3)12-18(22)4/h7-14H,6,15H2,1-5H3. The van der Waals surface area contributed by atoms with Crippen molar-refractivity contribution >= 4 is 39.8 Å². The lowest BCUT2D eigenvalue weighted by Gasteiger charge is -2.20. The first-order valence-electron chi connectivity index (χ1n) is 10.8. The van der Waals surface area contributed by atoms with Crippen LogP contribution in [0.4, 0.5) is 10.8 Å². The predicted octanol–water partition coefficient (Wildman–Crippen LogP) is 6.32. The van der Waals surface area contributed by atoms with E-state index in [2.05, 4.69) is 52.9 Å². The summed E-state index contributed by atoms with van der Waals surface area (Å²) in [4.78, 5) is 18.9. The van der Waals surface area contributed by atoms with Gasteiger partial charge in [0.2, 0.25) is 5.91 Å². The molecule has 170 valence electrons. The number of nitrogens with zero attached hydrogens (tertiary/aromatic N) is 5. The van der Waals surface area contributed by atoms with Crippen LogP contribution in [0.3, 0.4) is 0 Å². The zero-order chi connectivity index (χ0) is 23.5. The summed E-state index contributed by atoms with van der Waals surface area (Å²) in [5.41, 5.74) is 6.27. The molecule has 0 saturated heterocycles. The Bertz CT molecular complexity index is 1290. The van der Waals surface area contributed by atoms with Gasteiger partial charge in [-0.15, -0.1) is 21.5 Å². The SMILES string of the molecule is CCn1c(SCc2csc(N(C(C)=O)c3ccc(C)cc3C)n2)nnc1-c1cccc(C)c1. The Hall–Kier alpha value is -2.97. The number of thiazole rings is 1. The number of hydrogen-bond donors (Lipinski definition) is 0. The lowest BCUT2D eigenvalue weighted by molar-refractivity contribution is -0.115. The van der Waals surface area contributed by atoms with Gasteiger partial charge in [0, 0.05) is 30.2 Å². The molecule has 0 spiro atoms. The van der Waals surface area contributed by atoms with Crippen molar-refractivity contribution in [2.24, 2.45) is 0 Å². The third-order valence-corrected chi connectivity index (χ3v) is 7.17. The Morgan fingerprint density at radius 2 is 1.88 bits per heavy atom. The lowest BCUT2D eigenvalue weighted by atomic mass is 10.1. The van der Waals surface area contributed by atoms with Crippen LogP contribution < -0.4 is 4.90 Å². The molecule has 0 unspecified atom stereocenters. The van der Waals surface area contributed by atoms with Gasteiger partial charge in [-0.2, -0.15) is 0 Å². The summed E-state index contributed by atoms with van der Waals surface area (Å²) in [5, 5.41) is 12.4. The van der Waals surface area contributed by atoms with Crippen molar-refractivity contribution in [3.63, 3.8) is 0 Å². The minimum Gasteiger partial charge on any atom is -0.302 e. The molecule has 0 saturated carbocycles. The zero-order valence-electron chi connectivity index (χ0n) is 19.5. The molecule has 6 nitrogen and oxygen atoms in total. The zero-order valence-corrected chi connectivity index (χ0v) is 21.1. The number of aromatic nitrogens is 4. The van der Waals surface area contributed by atoms with Gasteiger partial charge in [0.1, 0.15) is 0 Å². The second kappa shape index (κ2) is 9.89. The van der Waals surface area contributed by atoms with Crippen LogP contribution in [0.25, 0.3) is 11.4 Å². The van der Waals surface area contributed by atoms with Gasteiger partial charge in [-0.1, -0.05) is 53.2 Å². The average molecular weight is 478 g/mol. The van der Waals surface area contributed by atoms with E-state index in [1.807, 2.05) is 37.4 Å². The third kappa shape index (κ3) is 5.02. The van der Waals surface area contributed by atoms with E-state index in [-0.39, 0.29) is 5.91 Å². The molecule has 0 atom stereocenters. The molecule has 2 aromatic heterocycles. The van der Waals surface area contributed by atoms with Crippen molar-refractivity contribution in [2.45, 2.75) is 52.1 Å². The summed E-state index contributed by atoms with van der Waals surface area (Å²) in [5.74, 6) is 1.48. The molecule has 2 aromatic carbocycles. The summed E-state index contributed by atoms with van der Waals surface area (Å²) in [6, 6.07) is 14.4. The van der Waals surface area contributed by atoms with Gasteiger partial charge in [-0.25, -0.2) is 4.98 Å². The summed E-state index contributed by atoms with van der Waals surface area (Å²) in [7, 11) is 0. The number of carbonyl (C=O) groups excluding carboxylic acids is 1. The van der Waals surface area contributed by atoms with Gasteiger partial charge in [-0.3, -0.25) is 9.69 Å². The molecular weight excluding hydrogens is 450 g/mol. The molecule has 2 heterocycles. The number of benzene rings is 2. The first kappa shape index (κ1) is 23.2. The van der Waals surface area contributed by atoms with Gasteiger partial charge in [-0.05, 0) is 45.4 Å². The third-order valence-electron chi connectivity index (χ3n) is 5.30. The van der Waals surface area contributed by atoms with Gasteiger partial charge >= 0.3 is 0 Å². The first-order chi connectivity index (χ1) is 15.9. The van der Waals surface area contributed by atoms with Crippen LogP contribution >= 0.6 is 23.1 Å². The van der Waals surface area contributed by atoms with E-state index in [0.29, 0.717) is 10.9 Å².